The van der Waals surface area contributed by atoms with Crippen LogP contribution in [0.25, 0.3) is 0 Å². The van der Waals surface area contributed by atoms with Crippen LogP contribution in [0.5, 0.6) is 0 Å². The Hall–Kier alpha value is -1.18. The summed E-state index contributed by atoms with van der Waals surface area (Å²) in [5.41, 5.74) is 7.21. The van der Waals surface area contributed by atoms with Gasteiger partial charge in [0.1, 0.15) is 0 Å². The molecule has 2 heteroatoms. The van der Waals surface area contributed by atoms with Crippen LogP contribution in [0.4, 0.5) is 0 Å². The molecule has 0 aromatic heterocycles. The van der Waals surface area contributed by atoms with E-state index in [1.807, 2.05) is 30.3 Å². The quantitative estimate of drug-likeness (QED) is 0.515. The van der Waals surface area contributed by atoms with Crippen molar-refractivity contribution in [3.8, 4) is 0 Å². The first-order valence-electron chi connectivity index (χ1n) is 2.77. The second-order valence-electron chi connectivity index (χ2n) is 2.06. The molecule has 0 spiro atoms. The number of likely N-dealkylation sites (N-methyl/N-ethyl adjacent to an activating group) is 1. The smallest absolute Gasteiger partial charge is 0.0479 e. The molecule has 1 heterocycles. The minimum absolute atomic E-state index is 0.768. The third-order valence-corrected chi connectivity index (χ3v) is 1.26. The Balaban J connectivity index is 2.82. The standard InChI is InChI=1S/C7H10N2/c1-6-3-4-7(8)5-9(6)2/h3-5H,1,8H2,2H3. The van der Waals surface area contributed by atoms with Gasteiger partial charge in [0.25, 0.3) is 0 Å². The second kappa shape index (κ2) is 1.97. The summed E-state index contributed by atoms with van der Waals surface area (Å²) < 4.78 is 0. The van der Waals surface area contributed by atoms with Crippen LogP contribution in [0.3, 0.4) is 0 Å². The molecule has 0 fully saturated rings. The minimum Gasteiger partial charge on any atom is -0.398 e. The van der Waals surface area contributed by atoms with Gasteiger partial charge in [0, 0.05) is 24.6 Å². The highest BCUT2D eigenvalue weighted by molar-refractivity contribution is 5.29. The molecule has 0 bridgehead atoms. The van der Waals surface area contributed by atoms with Crippen molar-refractivity contribution in [1.29, 1.82) is 0 Å². The molecule has 0 saturated carbocycles. The highest BCUT2D eigenvalue weighted by atomic mass is 15.1. The summed E-state index contributed by atoms with van der Waals surface area (Å²) in [7, 11) is 1.92. The van der Waals surface area contributed by atoms with Gasteiger partial charge in [0.2, 0.25) is 0 Å². The topological polar surface area (TPSA) is 29.3 Å². The first-order valence-corrected chi connectivity index (χ1v) is 2.77. The van der Waals surface area contributed by atoms with Crippen molar-refractivity contribution < 1.29 is 0 Å². The summed E-state index contributed by atoms with van der Waals surface area (Å²) in [6.45, 7) is 3.77. The van der Waals surface area contributed by atoms with Crippen molar-refractivity contribution in [2.75, 3.05) is 7.05 Å². The lowest BCUT2D eigenvalue weighted by molar-refractivity contribution is 0.580. The molecule has 0 unspecified atom stereocenters. The largest absolute Gasteiger partial charge is 0.398 e. The molecule has 9 heavy (non-hydrogen) atoms. The van der Waals surface area contributed by atoms with Crippen LogP contribution in [0.1, 0.15) is 0 Å². The Kier molecular flexibility index (Phi) is 1.30. The summed E-state index contributed by atoms with van der Waals surface area (Å²) in [5.74, 6) is 0. The molecule has 0 amide bonds. The lowest BCUT2D eigenvalue weighted by atomic mass is 10.3. The summed E-state index contributed by atoms with van der Waals surface area (Å²) in [6, 6.07) is 0. The fraction of sp³-hybridized carbons (Fsp3) is 0.143. The van der Waals surface area contributed by atoms with Crippen LogP contribution in [-0.2, 0) is 0 Å². The van der Waals surface area contributed by atoms with E-state index in [4.69, 9.17) is 5.73 Å². The predicted molar refractivity (Wildman–Crippen MR) is 38.3 cm³/mol. The Morgan fingerprint density at radius 1 is 1.56 bits per heavy atom. The Morgan fingerprint density at radius 2 is 2.22 bits per heavy atom. The average Bonchev–Trinajstić information content (AvgIpc) is 1.80. The minimum atomic E-state index is 0.768. The second-order valence-corrected chi connectivity index (χ2v) is 2.06. The summed E-state index contributed by atoms with van der Waals surface area (Å²) in [5, 5.41) is 0. The normalized spacial score (nSPS) is 18.1. The third-order valence-electron chi connectivity index (χ3n) is 1.26. The highest BCUT2D eigenvalue weighted by Gasteiger charge is 1.99. The van der Waals surface area contributed by atoms with Crippen molar-refractivity contribution >= 4 is 0 Å². The average molecular weight is 122 g/mol. The molecule has 1 aliphatic heterocycles. The van der Waals surface area contributed by atoms with Gasteiger partial charge in [-0.3, -0.25) is 0 Å². The molecule has 1 aliphatic rings. The zero-order valence-corrected chi connectivity index (χ0v) is 5.46. The van der Waals surface area contributed by atoms with Gasteiger partial charge in [-0.1, -0.05) is 6.58 Å². The first kappa shape index (κ1) is 5.95. The number of nitrogens with zero attached hydrogens (tertiary/aromatic N) is 1. The van der Waals surface area contributed by atoms with Crippen molar-refractivity contribution in [3.63, 3.8) is 0 Å². The fourth-order valence-corrected chi connectivity index (χ4v) is 0.660. The lowest BCUT2D eigenvalue weighted by Crippen LogP contribution is -2.14. The van der Waals surface area contributed by atoms with E-state index >= 15 is 0 Å². The van der Waals surface area contributed by atoms with Crippen molar-refractivity contribution in [3.05, 3.63) is 36.3 Å². The highest BCUT2D eigenvalue weighted by Crippen LogP contribution is 2.08. The van der Waals surface area contributed by atoms with E-state index in [2.05, 4.69) is 6.58 Å². The van der Waals surface area contributed by atoms with E-state index in [-0.39, 0.29) is 0 Å². The molecule has 1 rings (SSSR count). The summed E-state index contributed by atoms with van der Waals surface area (Å²) >= 11 is 0. The molecule has 0 aliphatic carbocycles. The van der Waals surface area contributed by atoms with Gasteiger partial charge in [0.05, 0.1) is 0 Å². The molecule has 2 nitrogen and oxygen atoms in total. The molecule has 0 aromatic carbocycles. The number of hydrogen-bond donors (Lipinski definition) is 1. The number of rotatable bonds is 0. The van der Waals surface area contributed by atoms with E-state index in [1.165, 1.54) is 0 Å². The van der Waals surface area contributed by atoms with Gasteiger partial charge in [0.15, 0.2) is 0 Å². The van der Waals surface area contributed by atoms with Crippen LogP contribution >= 0.6 is 0 Å². The van der Waals surface area contributed by atoms with Gasteiger partial charge in [-0.05, 0) is 12.2 Å². The lowest BCUT2D eigenvalue weighted by Gasteiger charge is -2.17. The van der Waals surface area contributed by atoms with E-state index < -0.39 is 0 Å². The van der Waals surface area contributed by atoms with Gasteiger partial charge in [-0.25, -0.2) is 0 Å². The Morgan fingerprint density at radius 3 is 2.67 bits per heavy atom. The van der Waals surface area contributed by atoms with Crippen LogP contribution in [0.15, 0.2) is 36.3 Å². The van der Waals surface area contributed by atoms with Crippen molar-refractivity contribution in [2.45, 2.75) is 0 Å². The SMILES string of the molecule is C=C1C=CC(N)=CN1C. The fourth-order valence-electron chi connectivity index (χ4n) is 0.660. The summed E-state index contributed by atoms with van der Waals surface area (Å²) in [6.07, 6.45) is 5.56. The Labute approximate surface area is 55.0 Å². The maximum absolute atomic E-state index is 5.48. The first-order chi connectivity index (χ1) is 4.20. The van der Waals surface area contributed by atoms with E-state index in [0.29, 0.717) is 0 Å². The number of allylic oxidation sites excluding steroid dienone is 2. The molecule has 0 saturated heterocycles. The van der Waals surface area contributed by atoms with Crippen LogP contribution in [-0.4, -0.2) is 11.9 Å². The van der Waals surface area contributed by atoms with E-state index in [1.54, 1.807) is 0 Å². The zero-order valence-electron chi connectivity index (χ0n) is 5.46. The van der Waals surface area contributed by atoms with Gasteiger partial charge in [-0.2, -0.15) is 0 Å². The Bertz CT molecular complexity index is 189. The van der Waals surface area contributed by atoms with Crippen LogP contribution in [0, 0.1) is 0 Å². The molecule has 2 N–H and O–H groups in total. The van der Waals surface area contributed by atoms with Gasteiger partial charge >= 0.3 is 0 Å². The van der Waals surface area contributed by atoms with Crippen molar-refractivity contribution in [1.82, 2.24) is 4.90 Å². The molecule has 48 valence electrons. The molecular weight excluding hydrogens is 112 g/mol. The predicted octanol–water partition coefficient (Wildman–Crippen LogP) is 0.802. The van der Waals surface area contributed by atoms with Crippen LogP contribution < -0.4 is 5.73 Å². The van der Waals surface area contributed by atoms with E-state index in [0.717, 1.165) is 11.4 Å². The third kappa shape index (κ3) is 1.13. The zero-order chi connectivity index (χ0) is 6.85. The number of hydrogen-bond acceptors (Lipinski definition) is 2. The van der Waals surface area contributed by atoms with Gasteiger partial charge in [-0.15, -0.1) is 0 Å². The molecule has 0 radical (unpaired) electrons. The van der Waals surface area contributed by atoms with E-state index in [9.17, 15) is 0 Å². The molecule has 0 aromatic rings. The van der Waals surface area contributed by atoms with Gasteiger partial charge < -0.3 is 10.6 Å². The van der Waals surface area contributed by atoms with Crippen LogP contribution in [0.2, 0.25) is 0 Å². The summed E-state index contributed by atoms with van der Waals surface area (Å²) in [4.78, 5) is 1.88. The molecular formula is C7H10N2. The van der Waals surface area contributed by atoms with Crippen molar-refractivity contribution in [2.24, 2.45) is 5.73 Å². The monoisotopic (exact) mass is 122 g/mol. The maximum Gasteiger partial charge on any atom is 0.0479 e. The number of nitrogens with two attached hydrogens (primary N) is 1. The molecule has 0 atom stereocenters. The maximum atomic E-state index is 5.48.